The molecule has 0 aliphatic heterocycles. The van der Waals surface area contributed by atoms with Gasteiger partial charge < -0.3 is 5.32 Å². The number of hydrogen-bond acceptors (Lipinski definition) is 1. The molecule has 2 aromatic rings. The van der Waals surface area contributed by atoms with Crippen molar-refractivity contribution in [2.75, 3.05) is 5.32 Å². The van der Waals surface area contributed by atoms with E-state index in [1.54, 1.807) is 6.92 Å². The standard InChI is InChI=1S/C14H10Cl3F2N/c1-7(10-6-9(18)2-3-13(10)19)20-14-11(16)4-8(15)5-12(14)17/h2-7,20H,1H3. The topological polar surface area (TPSA) is 12.0 Å². The van der Waals surface area contributed by atoms with Crippen molar-refractivity contribution in [1.82, 2.24) is 0 Å². The summed E-state index contributed by atoms with van der Waals surface area (Å²) in [6.45, 7) is 1.68. The van der Waals surface area contributed by atoms with Crippen LogP contribution in [-0.2, 0) is 0 Å². The van der Waals surface area contributed by atoms with Gasteiger partial charge in [-0.05, 0) is 37.3 Å². The van der Waals surface area contributed by atoms with Gasteiger partial charge in [0.2, 0.25) is 0 Å². The fraction of sp³-hybridized carbons (Fsp3) is 0.143. The molecule has 6 heteroatoms. The number of benzene rings is 2. The van der Waals surface area contributed by atoms with Gasteiger partial charge in [0.25, 0.3) is 0 Å². The lowest BCUT2D eigenvalue weighted by atomic mass is 10.1. The van der Waals surface area contributed by atoms with Crippen LogP contribution in [0.15, 0.2) is 30.3 Å². The lowest BCUT2D eigenvalue weighted by Crippen LogP contribution is -2.10. The van der Waals surface area contributed by atoms with Gasteiger partial charge in [-0.2, -0.15) is 0 Å². The Kier molecular flexibility index (Phi) is 4.74. The zero-order valence-electron chi connectivity index (χ0n) is 10.4. The monoisotopic (exact) mass is 335 g/mol. The van der Waals surface area contributed by atoms with Crippen LogP contribution in [0.25, 0.3) is 0 Å². The average Bonchev–Trinajstić information content (AvgIpc) is 2.36. The fourth-order valence-corrected chi connectivity index (χ4v) is 2.75. The number of nitrogens with one attached hydrogen (secondary N) is 1. The van der Waals surface area contributed by atoms with Gasteiger partial charge in [-0.3, -0.25) is 0 Å². The van der Waals surface area contributed by atoms with Crippen molar-refractivity contribution in [3.8, 4) is 0 Å². The maximum atomic E-state index is 13.7. The van der Waals surface area contributed by atoms with Crippen LogP contribution in [-0.4, -0.2) is 0 Å². The number of rotatable bonds is 3. The quantitative estimate of drug-likeness (QED) is 0.714. The van der Waals surface area contributed by atoms with Gasteiger partial charge in [0, 0.05) is 10.6 Å². The highest BCUT2D eigenvalue weighted by molar-refractivity contribution is 6.41. The third-order valence-electron chi connectivity index (χ3n) is 2.79. The molecule has 0 aromatic heterocycles. The normalized spacial score (nSPS) is 12.3. The van der Waals surface area contributed by atoms with Crippen LogP contribution in [0.5, 0.6) is 0 Å². The second-order valence-corrected chi connectivity index (χ2v) is 5.53. The van der Waals surface area contributed by atoms with E-state index in [1.165, 1.54) is 12.1 Å². The fourth-order valence-electron chi connectivity index (χ4n) is 1.82. The Labute approximate surface area is 130 Å². The van der Waals surface area contributed by atoms with Crippen LogP contribution in [0.4, 0.5) is 14.5 Å². The summed E-state index contributed by atoms with van der Waals surface area (Å²) in [4.78, 5) is 0. The highest BCUT2D eigenvalue weighted by atomic mass is 35.5. The third kappa shape index (κ3) is 3.35. The summed E-state index contributed by atoms with van der Waals surface area (Å²) in [5, 5.41) is 3.98. The first-order valence-electron chi connectivity index (χ1n) is 5.74. The molecule has 1 unspecified atom stereocenters. The third-order valence-corrected chi connectivity index (χ3v) is 3.61. The SMILES string of the molecule is CC(Nc1c(Cl)cc(Cl)cc1Cl)c1cc(F)ccc1F. The second-order valence-electron chi connectivity index (χ2n) is 4.28. The minimum atomic E-state index is -0.512. The lowest BCUT2D eigenvalue weighted by molar-refractivity contribution is 0.577. The molecule has 0 aliphatic rings. The molecule has 1 nitrogen and oxygen atoms in total. The molecule has 0 aliphatic carbocycles. The van der Waals surface area contributed by atoms with E-state index >= 15 is 0 Å². The Morgan fingerprint density at radius 3 is 2.20 bits per heavy atom. The molecule has 0 amide bonds. The first kappa shape index (κ1) is 15.4. The van der Waals surface area contributed by atoms with Gasteiger partial charge in [0.15, 0.2) is 0 Å². The highest BCUT2D eigenvalue weighted by Gasteiger charge is 2.15. The molecule has 106 valence electrons. The Morgan fingerprint density at radius 2 is 1.60 bits per heavy atom. The minimum Gasteiger partial charge on any atom is -0.376 e. The van der Waals surface area contributed by atoms with Crippen LogP contribution in [0.2, 0.25) is 15.1 Å². The number of anilines is 1. The van der Waals surface area contributed by atoms with E-state index in [2.05, 4.69) is 5.32 Å². The summed E-state index contributed by atoms with van der Waals surface area (Å²) in [6, 6.07) is 5.80. The first-order valence-corrected chi connectivity index (χ1v) is 6.88. The van der Waals surface area contributed by atoms with Crippen molar-refractivity contribution in [3.63, 3.8) is 0 Å². The summed E-state index contributed by atoms with van der Waals surface area (Å²) < 4.78 is 26.9. The summed E-state index contributed by atoms with van der Waals surface area (Å²) >= 11 is 17.9. The van der Waals surface area contributed by atoms with Crippen molar-refractivity contribution >= 4 is 40.5 Å². The summed E-state index contributed by atoms with van der Waals surface area (Å²) in [7, 11) is 0. The summed E-state index contributed by atoms with van der Waals surface area (Å²) in [5.41, 5.74) is 0.612. The van der Waals surface area contributed by atoms with Gasteiger partial charge in [-0.1, -0.05) is 34.8 Å². The van der Waals surface area contributed by atoms with E-state index in [1.807, 2.05) is 0 Å². The van der Waals surface area contributed by atoms with Gasteiger partial charge >= 0.3 is 0 Å². The predicted octanol–water partition coefficient (Wildman–Crippen LogP) is 6.10. The van der Waals surface area contributed by atoms with E-state index in [0.717, 1.165) is 18.2 Å². The van der Waals surface area contributed by atoms with E-state index in [-0.39, 0.29) is 5.56 Å². The molecule has 0 fully saturated rings. The van der Waals surface area contributed by atoms with Crippen LogP contribution in [0, 0.1) is 11.6 Å². The zero-order valence-corrected chi connectivity index (χ0v) is 12.6. The van der Waals surface area contributed by atoms with Crippen molar-refractivity contribution < 1.29 is 8.78 Å². The van der Waals surface area contributed by atoms with Gasteiger partial charge in [0.1, 0.15) is 11.6 Å². The van der Waals surface area contributed by atoms with Crippen LogP contribution < -0.4 is 5.32 Å². The molecule has 0 heterocycles. The molecule has 2 rings (SSSR count). The smallest absolute Gasteiger partial charge is 0.128 e. The van der Waals surface area contributed by atoms with Gasteiger partial charge in [-0.15, -0.1) is 0 Å². The van der Waals surface area contributed by atoms with Crippen LogP contribution >= 0.6 is 34.8 Å². The maximum Gasteiger partial charge on any atom is 0.128 e. The first-order chi connectivity index (χ1) is 9.38. The molecule has 0 saturated heterocycles. The highest BCUT2D eigenvalue weighted by Crippen LogP contribution is 2.36. The van der Waals surface area contributed by atoms with E-state index in [0.29, 0.717) is 20.8 Å². The molecule has 2 aromatic carbocycles. The van der Waals surface area contributed by atoms with E-state index in [9.17, 15) is 8.78 Å². The molecule has 1 N–H and O–H groups in total. The summed E-state index contributed by atoms with van der Waals surface area (Å²) in [5.74, 6) is -1.02. The van der Waals surface area contributed by atoms with Gasteiger partial charge in [0.05, 0.1) is 21.8 Å². The molecule has 0 saturated carbocycles. The van der Waals surface area contributed by atoms with Crippen molar-refractivity contribution in [3.05, 3.63) is 62.6 Å². The largest absolute Gasteiger partial charge is 0.376 e. The van der Waals surface area contributed by atoms with Crippen molar-refractivity contribution in [2.45, 2.75) is 13.0 Å². The average molecular weight is 337 g/mol. The Hall–Kier alpha value is -1.03. The Morgan fingerprint density at radius 1 is 1.00 bits per heavy atom. The molecule has 0 spiro atoms. The van der Waals surface area contributed by atoms with Gasteiger partial charge in [-0.25, -0.2) is 8.78 Å². The van der Waals surface area contributed by atoms with E-state index < -0.39 is 17.7 Å². The number of hydrogen-bond donors (Lipinski definition) is 1. The van der Waals surface area contributed by atoms with Crippen molar-refractivity contribution in [2.24, 2.45) is 0 Å². The Balaban J connectivity index is 2.32. The molecule has 20 heavy (non-hydrogen) atoms. The number of halogens is 5. The molecular weight excluding hydrogens is 327 g/mol. The van der Waals surface area contributed by atoms with Crippen molar-refractivity contribution in [1.29, 1.82) is 0 Å². The minimum absolute atomic E-state index is 0.187. The van der Waals surface area contributed by atoms with Crippen LogP contribution in [0.3, 0.4) is 0 Å². The molecule has 1 atom stereocenters. The van der Waals surface area contributed by atoms with E-state index in [4.69, 9.17) is 34.8 Å². The maximum absolute atomic E-state index is 13.7. The zero-order chi connectivity index (χ0) is 14.9. The molecule has 0 bridgehead atoms. The molecular formula is C14H10Cl3F2N. The Bertz CT molecular complexity index is 623. The second kappa shape index (κ2) is 6.17. The summed E-state index contributed by atoms with van der Waals surface area (Å²) in [6.07, 6.45) is 0. The van der Waals surface area contributed by atoms with Crippen LogP contribution in [0.1, 0.15) is 18.5 Å². The lowest BCUT2D eigenvalue weighted by Gasteiger charge is -2.18. The molecule has 0 radical (unpaired) electrons. The predicted molar refractivity (Wildman–Crippen MR) is 79.9 cm³/mol.